The molecular formula is C21H24O3Se. The second kappa shape index (κ2) is 6.10. The summed E-state index contributed by atoms with van der Waals surface area (Å²) in [5, 5.41) is 0.888. The molecule has 25 heavy (non-hydrogen) atoms. The van der Waals surface area contributed by atoms with E-state index in [1.54, 1.807) is 0 Å². The van der Waals surface area contributed by atoms with Gasteiger partial charge in [0, 0.05) is 0 Å². The van der Waals surface area contributed by atoms with Gasteiger partial charge in [0.15, 0.2) is 0 Å². The molecule has 132 valence electrons. The molecule has 1 heterocycles. The molecule has 5 atom stereocenters. The van der Waals surface area contributed by atoms with Crippen LogP contribution in [0.25, 0.3) is 0 Å². The molecule has 4 rings (SSSR count). The van der Waals surface area contributed by atoms with Gasteiger partial charge in [0.1, 0.15) is 0 Å². The summed E-state index contributed by atoms with van der Waals surface area (Å²) in [6, 6.07) is 10.4. The molecule has 0 aromatic heterocycles. The summed E-state index contributed by atoms with van der Waals surface area (Å²) in [5.41, 5.74) is -1.31. The Morgan fingerprint density at radius 3 is 2.72 bits per heavy atom. The third kappa shape index (κ3) is 2.38. The minimum atomic E-state index is -0.893. The first kappa shape index (κ1) is 17.1. The number of ether oxygens (including phenoxy) is 1. The molecule has 1 unspecified atom stereocenters. The van der Waals surface area contributed by atoms with Gasteiger partial charge in [0.25, 0.3) is 0 Å². The van der Waals surface area contributed by atoms with Crippen molar-refractivity contribution in [2.45, 2.75) is 32.0 Å². The standard InChI is InChI=1S/C21H24O3Se/c1-14-7-6-8-15-11-21(18(22)20(14,15)2)16(12-24-19(21)23)13-25-17-9-4-3-5-10-17/h3-7,9-10,14-16H,8,11-13H2,1-2H3/t14-,15-,16?,20-,21-/m1/s1. The molecule has 1 spiro atoms. The van der Waals surface area contributed by atoms with E-state index in [9.17, 15) is 9.59 Å². The molecule has 0 N–H and O–H groups in total. The predicted octanol–water partition coefficient (Wildman–Crippen LogP) is 2.79. The van der Waals surface area contributed by atoms with Crippen LogP contribution in [0.5, 0.6) is 0 Å². The fourth-order valence-corrected chi connectivity index (χ4v) is 7.32. The van der Waals surface area contributed by atoms with Crippen LogP contribution in [0.15, 0.2) is 42.5 Å². The number of cyclic esters (lactones) is 1. The monoisotopic (exact) mass is 404 g/mol. The van der Waals surface area contributed by atoms with Crippen molar-refractivity contribution in [1.29, 1.82) is 0 Å². The van der Waals surface area contributed by atoms with Crippen LogP contribution in [0.4, 0.5) is 0 Å². The van der Waals surface area contributed by atoms with Crippen LogP contribution in [0.3, 0.4) is 0 Å². The number of carbonyl (C=O) groups is 2. The van der Waals surface area contributed by atoms with Crippen LogP contribution in [-0.2, 0) is 14.3 Å². The van der Waals surface area contributed by atoms with Crippen molar-refractivity contribution in [1.82, 2.24) is 0 Å². The van der Waals surface area contributed by atoms with E-state index in [1.165, 1.54) is 4.46 Å². The topological polar surface area (TPSA) is 43.4 Å². The summed E-state index contributed by atoms with van der Waals surface area (Å²) in [7, 11) is 0. The maximum absolute atomic E-state index is 13.6. The van der Waals surface area contributed by atoms with E-state index in [0.29, 0.717) is 13.0 Å². The molecule has 1 aliphatic heterocycles. The second-order valence-electron chi connectivity index (χ2n) is 7.86. The number of benzene rings is 1. The van der Waals surface area contributed by atoms with Crippen molar-refractivity contribution in [2.24, 2.45) is 28.6 Å². The number of Topliss-reactive ketones (excluding diaryl/α,β-unsaturated/α-hetero) is 1. The first-order valence-electron chi connectivity index (χ1n) is 9.06. The van der Waals surface area contributed by atoms with Crippen LogP contribution in [0, 0.1) is 28.6 Å². The van der Waals surface area contributed by atoms with E-state index in [2.05, 4.69) is 38.1 Å². The number of hydrogen-bond donors (Lipinski definition) is 0. The molecule has 1 aromatic rings. The van der Waals surface area contributed by atoms with Crippen LogP contribution in [-0.4, -0.2) is 33.3 Å². The molecule has 3 aliphatic rings. The van der Waals surface area contributed by atoms with Crippen LogP contribution in [0.2, 0.25) is 5.32 Å². The van der Waals surface area contributed by atoms with Gasteiger partial charge in [-0.3, -0.25) is 0 Å². The molecule has 1 saturated carbocycles. The quantitative estimate of drug-likeness (QED) is 0.337. The molecule has 0 radical (unpaired) electrons. The summed E-state index contributed by atoms with van der Waals surface area (Å²) >= 11 is 0.256. The van der Waals surface area contributed by atoms with Crippen LogP contribution >= 0.6 is 0 Å². The van der Waals surface area contributed by atoms with Crippen molar-refractivity contribution in [3.05, 3.63) is 42.5 Å². The third-order valence-electron chi connectivity index (χ3n) is 6.77. The van der Waals surface area contributed by atoms with Crippen molar-refractivity contribution < 1.29 is 14.3 Å². The molecule has 2 aliphatic carbocycles. The van der Waals surface area contributed by atoms with E-state index >= 15 is 0 Å². The average Bonchev–Trinajstić information content (AvgIpc) is 3.06. The zero-order chi connectivity index (χ0) is 17.7. The molecule has 1 aromatic carbocycles. The Morgan fingerprint density at radius 1 is 1.24 bits per heavy atom. The number of ketones is 1. The summed E-state index contributed by atoms with van der Waals surface area (Å²) < 4.78 is 6.79. The van der Waals surface area contributed by atoms with Crippen LogP contribution in [0.1, 0.15) is 26.7 Å². The van der Waals surface area contributed by atoms with E-state index in [4.69, 9.17) is 4.74 Å². The normalized spacial score (nSPS) is 39.7. The molecule has 0 amide bonds. The second-order valence-corrected chi connectivity index (χ2v) is 10.2. The van der Waals surface area contributed by atoms with Crippen molar-refractivity contribution in [3.63, 3.8) is 0 Å². The molecule has 4 heteroatoms. The van der Waals surface area contributed by atoms with E-state index < -0.39 is 10.8 Å². The zero-order valence-corrected chi connectivity index (χ0v) is 16.4. The number of rotatable bonds is 3. The fourth-order valence-electron chi connectivity index (χ4n) is 4.96. The number of fused-ring (bicyclic) bond motifs is 1. The van der Waals surface area contributed by atoms with Crippen molar-refractivity contribution in [3.8, 4) is 0 Å². The predicted molar refractivity (Wildman–Crippen MR) is 97.7 cm³/mol. The maximum atomic E-state index is 13.6. The molecular weight excluding hydrogens is 379 g/mol. The van der Waals surface area contributed by atoms with Gasteiger partial charge in [-0.05, 0) is 0 Å². The molecule has 3 nitrogen and oxygen atoms in total. The van der Waals surface area contributed by atoms with E-state index in [0.717, 1.165) is 11.7 Å². The number of esters is 1. The van der Waals surface area contributed by atoms with E-state index in [-0.39, 0.29) is 44.5 Å². The first-order chi connectivity index (χ1) is 12.0. The SMILES string of the molecule is C[C@@H]1C=CC[C@@H]2C[C@]3(C(=O)OCC3C[Se]c3ccccc3)C(=O)[C@@]21C. The summed E-state index contributed by atoms with van der Waals surface area (Å²) in [6.07, 6.45) is 5.91. The average molecular weight is 403 g/mol. The van der Waals surface area contributed by atoms with Gasteiger partial charge in [0.2, 0.25) is 0 Å². The fraction of sp³-hybridized carbons (Fsp3) is 0.524. The van der Waals surface area contributed by atoms with Crippen molar-refractivity contribution >= 4 is 31.2 Å². The van der Waals surface area contributed by atoms with Gasteiger partial charge >= 0.3 is 155 Å². The van der Waals surface area contributed by atoms with Gasteiger partial charge in [-0.25, -0.2) is 0 Å². The Morgan fingerprint density at radius 2 is 2.00 bits per heavy atom. The Hall–Kier alpha value is -1.38. The minimum absolute atomic E-state index is 0.0299. The Balaban J connectivity index is 1.62. The summed E-state index contributed by atoms with van der Waals surface area (Å²) in [5.74, 6) is 0.374. The Bertz CT molecular complexity index is 728. The summed E-state index contributed by atoms with van der Waals surface area (Å²) in [6.45, 7) is 4.60. The first-order valence-corrected chi connectivity index (χ1v) is 11.1. The summed E-state index contributed by atoms with van der Waals surface area (Å²) in [4.78, 5) is 26.4. The van der Waals surface area contributed by atoms with Gasteiger partial charge in [-0.1, -0.05) is 0 Å². The van der Waals surface area contributed by atoms with Crippen molar-refractivity contribution in [2.75, 3.05) is 6.61 Å². The van der Waals surface area contributed by atoms with Gasteiger partial charge in [-0.2, -0.15) is 0 Å². The van der Waals surface area contributed by atoms with Crippen LogP contribution < -0.4 is 4.46 Å². The zero-order valence-electron chi connectivity index (χ0n) is 14.7. The third-order valence-corrected chi connectivity index (χ3v) is 9.24. The number of allylic oxidation sites excluding steroid dienone is 2. The molecule has 1 saturated heterocycles. The Labute approximate surface area is 155 Å². The molecule has 0 bridgehead atoms. The van der Waals surface area contributed by atoms with Gasteiger partial charge < -0.3 is 0 Å². The van der Waals surface area contributed by atoms with Gasteiger partial charge in [-0.15, -0.1) is 0 Å². The number of hydrogen-bond acceptors (Lipinski definition) is 3. The Kier molecular flexibility index (Phi) is 4.16. The molecule has 2 fully saturated rings. The van der Waals surface area contributed by atoms with Gasteiger partial charge in [0.05, 0.1) is 0 Å². The van der Waals surface area contributed by atoms with E-state index in [1.807, 2.05) is 18.2 Å². The number of carbonyl (C=O) groups excluding carboxylic acids is 2.